The van der Waals surface area contributed by atoms with Crippen molar-refractivity contribution in [1.82, 2.24) is 0 Å². The Morgan fingerprint density at radius 1 is 1.06 bits per heavy atom. The van der Waals surface area contributed by atoms with Crippen LogP contribution in [0, 0.1) is 19.3 Å². The maximum atomic E-state index is 12.1. The molecule has 35 heavy (non-hydrogen) atoms. The van der Waals surface area contributed by atoms with Gasteiger partial charge in [-0.2, -0.15) is 0 Å². The van der Waals surface area contributed by atoms with Gasteiger partial charge in [-0.3, -0.25) is 0 Å². The quantitative estimate of drug-likeness (QED) is 0.312. The Morgan fingerprint density at radius 3 is 2.43 bits per heavy atom. The van der Waals surface area contributed by atoms with Crippen LogP contribution < -0.4 is 4.74 Å². The first-order valence-corrected chi connectivity index (χ1v) is 12.6. The standard InChI is InChI=1S/C30H40O5/c1-8-22(23-12-13-25(19(3)15-23)34-18-27(31)30(5,6)7)11-10-21-14-20(4)28-24(16-21)17-26(35-28)29(32)33-9-2/h12-17,22,27,31H,8-11,18H2,1-7H3. The van der Waals surface area contributed by atoms with Crippen molar-refractivity contribution in [2.45, 2.75) is 79.8 Å². The van der Waals surface area contributed by atoms with E-state index in [2.05, 4.69) is 38.1 Å². The third-order valence-electron chi connectivity index (χ3n) is 6.68. The Bertz CT molecular complexity index is 1150. The Labute approximate surface area is 209 Å². The van der Waals surface area contributed by atoms with E-state index in [1.165, 1.54) is 11.1 Å². The number of rotatable bonds is 10. The lowest BCUT2D eigenvalue weighted by atomic mass is 9.88. The predicted octanol–water partition coefficient (Wildman–Crippen LogP) is 7.14. The number of aliphatic hydroxyl groups is 1. The Balaban J connectivity index is 1.69. The number of hydrogen-bond acceptors (Lipinski definition) is 5. The molecule has 2 atom stereocenters. The minimum Gasteiger partial charge on any atom is -0.491 e. The van der Waals surface area contributed by atoms with Crippen LogP contribution in [-0.2, 0) is 11.2 Å². The van der Waals surface area contributed by atoms with E-state index in [1.807, 2.05) is 33.8 Å². The van der Waals surface area contributed by atoms with Crippen molar-refractivity contribution in [3.05, 3.63) is 64.4 Å². The first-order chi connectivity index (χ1) is 16.5. The highest BCUT2D eigenvalue weighted by atomic mass is 16.5. The van der Waals surface area contributed by atoms with E-state index in [-0.39, 0.29) is 17.8 Å². The molecule has 0 spiro atoms. The fraction of sp³-hybridized carbons (Fsp3) is 0.500. The van der Waals surface area contributed by atoms with Gasteiger partial charge in [0.1, 0.15) is 17.9 Å². The van der Waals surface area contributed by atoms with Gasteiger partial charge in [0.25, 0.3) is 0 Å². The topological polar surface area (TPSA) is 68.9 Å². The van der Waals surface area contributed by atoms with Crippen molar-refractivity contribution in [1.29, 1.82) is 0 Å². The molecular formula is C30H40O5. The minimum absolute atomic E-state index is 0.209. The first-order valence-electron chi connectivity index (χ1n) is 12.6. The molecule has 0 aliphatic rings. The summed E-state index contributed by atoms with van der Waals surface area (Å²) in [7, 11) is 0. The van der Waals surface area contributed by atoms with Crippen LogP contribution in [0.15, 0.2) is 40.8 Å². The molecule has 0 fully saturated rings. The number of ether oxygens (including phenoxy) is 2. The number of aryl methyl sites for hydroxylation is 3. The van der Waals surface area contributed by atoms with Crippen molar-refractivity contribution < 1.29 is 23.8 Å². The molecule has 0 aliphatic heterocycles. The highest BCUT2D eigenvalue weighted by molar-refractivity contribution is 5.93. The monoisotopic (exact) mass is 480 g/mol. The van der Waals surface area contributed by atoms with Crippen molar-refractivity contribution >= 4 is 16.9 Å². The Hall–Kier alpha value is -2.79. The molecule has 5 heteroatoms. The Morgan fingerprint density at radius 2 is 1.80 bits per heavy atom. The van der Waals surface area contributed by atoms with Gasteiger partial charge in [0.05, 0.1) is 12.7 Å². The van der Waals surface area contributed by atoms with Gasteiger partial charge in [0.2, 0.25) is 5.76 Å². The average Bonchev–Trinajstić information content (AvgIpc) is 3.23. The van der Waals surface area contributed by atoms with Crippen LogP contribution in [-0.4, -0.2) is 30.4 Å². The van der Waals surface area contributed by atoms with Crippen LogP contribution >= 0.6 is 0 Å². The van der Waals surface area contributed by atoms with Gasteiger partial charge in [-0.25, -0.2) is 4.79 Å². The number of aliphatic hydroxyl groups excluding tert-OH is 1. The van der Waals surface area contributed by atoms with Crippen LogP contribution in [0.2, 0.25) is 0 Å². The summed E-state index contributed by atoms with van der Waals surface area (Å²) in [5.74, 6) is 1.08. The number of hydrogen-bond donors (Lipinski definition) is 1. The predicted molar refractivity (Wildman–Crippen MR) is 140 cm³/mol. The van der Waals surface area contributed by atoms with E-state index < -0.39 is 12.1 Å². The van der Waals surface area contributed by atoms with E-state index in [0.717, 1.165) is 47.1 Å². The van der Waals surface area contributed by atoms with E-state index in [4.69, 9.17) is 13.9 Å². The maximum absolute atomic E-state index is 12.1. The number of furan rings is 1. The second-order valence-corrected chi connectivity index (χ2v) is 10.5. The summed E-state index contributed by atoms with van der Waals surface area (Å²) in [6.45, 7) is 14.7. The number of benzene rings is 2. The fourth-order valence-corrected chi connectivity index (χ4v) is 4.31. The molecule has 3 aromatic rings. The second kappa shape index (κ2) is 11.3. The van der Waals surface area contributed by atoms with Crippen molar-refractivity contribution in [2.75, 3.05) is 13.2 Å². The van der Waals surface area contributed by atoms with Crippen LogP contribution in [0.3, 0.4) is 0 Å². The number of esters is 1. The molecule has 0 saturated carbocycles. The molecule has 1 N–H and O–H groups in total. The number of carbonyl (C=O) groups is 1. The highest BCUT2D eigenvalue weighted by Crippen LogP contribution is 2.31. The van der Waals surface area contributed by atoms with Crippen LogP contribution in [0.4, 0.5) is 0 Å². The average molecular weight is 481 g/mol. The summed E-state index contributed by atoms with van der Waals surface area (Å²) in [5.41, 5.74) is 5.18. The molecule has 0 saturated heterocycles. The second-order valence-electron chi connectivity index (χ2n) is 10.5. The lowest BCUT2D eigenvalue weighted by Gasteiger charge is -2.26. The molecule has 5 nitrogen and oxygen atoms in total. The van der Waals surface area contributed by atoms with Crippen molar-refractivity contribution in [3.63, 3.8) is 0 Å². The summed E-state index contributed by atoms with van der Waals surface area (Å²) in [5, 5.41) is 11.2. The number of carbonyl (C=O) groups excluding carboxylic acids is 1. The summed E-state index contributed by atoms with van der Waals surface area (Å²) in [6.07, 6.45) is 2.48. The molecule has 3 rings (SSSR count). The summed E-state index contributed by atoms with van der Waals surface area (Å²) < 4.78 is 16.8. The summed E-state index contributed by atoms with van der Waals surface area (Å²) in [4.78, 5) is 12.1. The van der Waals surface area contributed by atoms with Gasteiger partial charge in [-0.1, -0.05) is 45.9 Å². The third kappa shape index (κ3) is 6.66. The highest BCUT2D eigenvalue weighted by Gasteiger charge is 2.23. The lowest BCUT2D eigenvalue weighted by molar-refractivity contribution is 0.0216. The normalized spacial score (nSPS) is 13.6. The molecule has 1 aromatic heterocycles. The van der Waals surface area contributed by atoms with Crippen LogP contribution in [0.1, 0.15) is 86.2 Å². The lowest BCUT2D eigenvalue weighted by Crippen LogP contribution is -2.32. The van der Waals surface area contributed by atoms with E-state index >= 15 is 0 Å². The summed E-state index contributed by atoms with van der Waals surface area (Å²) >= 11 is 0. The molecule has 0 aliphatic carbocycles. The molecule has 0 bridgehead atoms. The van der Waals surface area contributed by atoms with Gasteiger partial charge in [-0.05, 0) is 91.8 Å². The minimum atomic E-state index is -0.519. The van der Waals surface area contributed by atoms with E-state index in [1.54, 1.807) is 13.0 Å². The summed E-state index contributed by atoms with van der Waals surface area (Å²) in [6, 6.07) is 12.4. The smallest absolute Gasteiger partial charge is 0.374 e. The van der Waals surface area contributed by atoms with Crippen molar-refractivity contribution in [3.8, 4) is 5.75 Å². The first kappa shape index (κ1) is 26.8. The zero-order valence-electron chi connectivity index (χ0n) is 22.2. The zero-order valence-corrected chi connectivity index (χ0v) is 22.2. The molecular weight excluding hydrogens is 440 g/mol. The van der Waals surface area contributed by atoms with Gasteiger partial charge >= 0.3 is 5.97 Å². The van der Waals surface area contributed by atoms with Gasteiger partial charge in [0, 0.05) is 5.39 Å². The zero-order chi connectivity index (χ0) is 25.8. The van der Waals surface area contributed by atoms with Crippen LogP contribution in [0.25, 0.3) is 11.0 Å². The fourth-order valence-electron chi connectivity index (χ4n) is 4.31. The van der Waals surface area contributed by atoms with Gasteiger partial charge < -0.3 is 19.0 Å². The SMILES string of the molecule is CCOC(=O)c1cc2cc(CCC(CC)c3ccc(OCC(O)C(C)(C)C)c(C)c3)cc(C)c2o1. The van der Waals surface area contributed by atoms with E-state index in [0.29, 0.717) is 12.5 Å². The molecule has 190 valence electrons. The molecule has 2 unspecified atom stereocenters. The van der Waals surface area contributed by atoms with Gasteiger partial charge in [-0.15, -0.1) is 0 Å². The Kier molecular flexibility index (Phi) is 8.65. The molecule has 1 heterocycles. The molecule has 2 aromatic carbocycles. The van der Waals surface area contributed by atoms with Crippen molar-refractivity contribution in [2.24, 2.45) is 5.41 Å². The largest absolute Gasteiger partial charge is 0.491 e. The molecule has 0 radical (unpaired) electrons. The molecule has 0 amide bonds. The maximum Gasteiger partial charge on any atom is 0.374 e. The van der Waals surface area contributed by atoms with E-state index in [9.17, 15) is 9.90 Å². The van der Waals surface area contributed by atoms with Gasteiger partial charge in [0.15, 0.2) is 0 Å². The third-order valence-corrected chi connectivity index (χ3v) is 6.68. The van der Waals surface area contributed by atoms with Crippen LogP contribution in [0.5, 0.6) is 5.75 Å². The number of fused-ring (bicyclic) bond motifs is 1.